The molecule has 1 heterocycles. The van der Waals surface area contributed by atoms with Crippen molar-refractivity contribution in [3.8, 4) is 0 Å². The largest absolute Gasteiger partial charge is 0.378 e. The first-order chi connectivity index (χ1) is 14.3. The summed E-state index contributed by atoms with van der Waals surface area (Å²) in [7, 11) is 6.14. The van der Waals surface area contributed by atoms with Crippen LogP contribution >= 0.6 is 0 Å². The molecule has 0 saturated carbocycles. The van der Waals surface area contributed by atoms with E-state index in [2.05, 4.69) is 51.3 Å². The van der Waals surface area contributed by atoms with Gasteiger partial charge < -0.3 is 15.1 Å². The van der Waals surface area contributed by atoms with Gasteiger partial charge in [0.15, 0.2) is 0 Å². The first kappa shape index (κ1) is 21.7. The minimum Gasteiger partial charge on any atom is -0.378 e. The highest BCUT2D eigenvalue weighted by Crippen LogP contribution is 2.24. The first-order valence-corrected chi connectivity index (χ1v) is 10.1. The molecule has 0 bridgehead atoms. The number of rotatable bonds is 7. The molecule has 0 radical (unpaired) electrons. The van der Waals surface area contributed by atoms with Crippen molar-refractivity contribution >= 4 is 17.3 Å². The number of piperazine rings is 1. The van der Waals surface area contributed by atoms with Crippen molar-refractivity contribution in [2.75, 3.05) is 58.8 Å². The molecule has 8 nitrogen and oxygen atoms in total. The second kappa shape index (κ2) is 9.69. The minimum absolute atomic E-state index is 0.0251. The summed E-state index contributed by atoms with van der Waals surface area (Å²) in [5, 5.41) is 13.8. The summed E-state index contributed by atoms with van der Waals surface area (Å²) < 4.78 is 0. The van der Waals surface area contributed by atoms with Gasteiger partial charge in [0.1, 0.15) is 0 Å². The summed E-state index contributed by atoms with van der Waals surface area (Å²) in [4.78, 5) is 29.7. The second-order valence-corrected chi connectivity index (χ2v) is 7.86. The molecule has 8 heteroatoms. The van der Waals surface area contributed by atoms with Gasteiger partial charge in [0.05, 0.1) is 11.0 Å². The molecule has 0 aromatic heterocycles. The number of likely N-dealkylation sites (N-methyl/N-ethyl adjacent to an activating group) is 1. The summed E-state index contributed by atoms with van der Waals surface area (Å²) in [5.41, 5.74) is 2.68. The van der Waals surface area contributed by atoms with Gasteiger partial charge >= 0.3 is 0 Å². The van der Waals surface area contributed by atoms with Gasteiger partial charge in [0.2, 0.25) is 0 Å². The van der Waals surface area contributed by atoms with Gasteiger partial charge in [-0.2, -0.15) is 0 Å². The predicted octanol–water partition coefficient (Wildman–Crippen LogP) is 2.38. The maximum Gasteiger partial charge on any atom is 0.269 e. The monoisotopic (exact) mass is 411 g/mol. The Kier molecular flexibility index (Phi) is 7.02. The zero-order chi connectivity index (χ0) is 21.7. The van der Waals surface area contributed by atoms with Crippen LogP contribution in [0.1, 0.15) is 22.0 Å². The highest BCUT2D eigenvalue weighted by molar-refractivity contribution is 5.94. The molecule has 1 amide bonds. The smallest absolute Gasteiger partial charge is 0.269 e. The van der Waals surface area contributed by atoms with Crippen LogP contribution in [0, 0.1) is 10.1 Å². The molecule has 160 valence electrons. The van der Waals surface area contributed by atoms with Crippen LogP contribution in [0.2, 0.25) is 0 Å². The first-order valence-electron chi connectivity index (χ1n) is 10.1. The van der Waals surface area contributed by atoms with Crippen LogP contribution in [0.5, 0.6) is 0 Å². The number of nitrogens with zero attached hydrogens (tertiary/aromatic N) is 4. The normalized spacial score (nSPS) is 16.1. The average Bonchev–Trinajstić information content (AvgIpc) is 2.75. The molecule has 0 unspecified atom stereocenters. The lowest BCUT2D eigenvalue weighted by Crippen LogP contribution is -2.48. The minimum atomic E-state index is -0.470. The molecule has 0 spiro atoms. The molecule has 1 fully saturated rings. The van der Waals surface area contributed by atoms with E-state index in [9.17, 15) is 14.9 Å². The number of hydrogen-bond donors (Lipinski definition) is 1. The SMILES string of the molecule is CN1CCN([C@@H](CNC(=O)c2ccc([N+](=O)[O-])cc2)c2ccc(N(C)C)cc2)CC1. The number of amides is 1. The Morgan fingerprint density at radius 3 is 2.20 bits per heavy atom. The summed E-state index contributed by atoms with van der Waals surface area (Å²) >= 11 is 0. The zero-order valence-corrected chi connectivity index (χ0v) is 17.7. The van der Waals surface area contributed by atoms with Gasteiger partial charge in [-0.1, -0.05) is 12.1 Å². The molecule has 2 aromatic carbocycles. The molecule has 30 heavy (non-hydrogen) atoms. The van der Waals surface area contributed by atoms with Crippen molar-refractivity contribution < 1.29 is 9.72 Å². The van der Waals surface area contributed by atoms with Crippen molar-refractivity contribution in [2.45, 2.75) is 6.04 Å². The highest BCUT2D eigenvalue weighted by Gasteiger charge is 2.24. The van der Waals surface area contributed by atoms with Gasteiger partial charge in [-0.15, -0.1) is 0 Å². The standard InChI is InChI=1S/C22H29N5O3/c1-24(2)19-8-4-17(5-9-19)21(26-14-12-25(3)13-15-26)16-23-22(28)18-6-10-20(11-7-18)27(29)30/h4-11,21H,12-16H2,1-3H3,(H,23,28)/t21-/m0/s1. The summed E-state index contributed by atoms with van der Waals surface area (Å²) in [6.45, 7) is 4.32. The molecule has 2 aromatic rings. The fraction of sp³-hybridized carbons (Fsp3) is 0.409. The fourth-order valence-electron chi connectivity index (χ4n) is 3.61. The lowest BCUT2D eigenvalue weighted by Gasteiger charge is -2.38. The molecule has 1 aliphatic rings. The van der Waals surface area contributed by atoms with Gasteiger partial charge in [-0.05, 0) is 36.9 Å². The van der Waals surface area contributed by atoms with Gasteiger partial charge in [0, 0.05) is 70.2 Å². The van der Waals surface area contributed by atoms with E-state index < -0.39 is 4.92 Å². The Morgan fingerprint density at radius 2 is 1.67 bits per heavy atom. The average molecular weight is 412 g/mol. The number of carbonyl (C=O) groups is 1. The fourth-order valence-corrected chi connectivity index (χ4v) is 3.61. The molecular formula is C22H29N5O3. The van der Waals surface area contributed by atoms with Gasteiger partial charge in [-0.3, -0.25) is 19.8 Å². The van der Waals surface area contributed by atoms with Crippen LogP contribution in [0.25, 0.3) is 0 Å². The molecule has 1 N–H and O–H groups in total. The van der Waals surface area contributed by atoms with E-state index in [4.69, 9.17) is 0 Å². The predicted molar refractivity (Wildman–Crippen MR) is 118 cm³/mol. The maximum atomic E-state index is 12.6. The quantitative estimate of drug-likeness (QED) is 0.557. The Morgan fingerprint density at radius 1 is 1.07 bits per heavy atom. The molecular weight excluding hydrogens is 382 g/mol. The van der Waals surface area contributed by atoms with Crippen LogP contribution in [0.15, 0.2) is 48.5 Å². The third kappa shape index (κ3) is 5.34. The molecule has 1 saturated heterocycles. The topological polar surface area (TPSA) is 82.0 Å². The number of anilines is 1. The Balaban J connectivity index is 1.73. The molecule has 3 rings (SSSR count). The van der Waals surface area contributed by atoms with Crippen LogP contribution in [-0.2, 0) is 0 Å². The van der Waals surface area contributed by atoms with Crippen LogP contribution in [-0.4, -0.2) is 74.5 Å². The number of benzene rings is 2. The van der Waals surface area contributed by atoms with E-state index in [1.54, 1.807) is 0 Å². The maximum absolute atomic E-state index is 12.6. The van der Waals surface area contributed by atoms with Crippen molar-refractivity contribution in [2.24, 2.45) is 0 Å². The van der Waals surface area contributed by atoms with E-state index in [1.165, 1.54) is 24.3 Å². The highest BCUT2D eigenvalue weighted by atomic mass is 16.6. The Hall–Kier alpha value is -2.97. The van der Waals surface area contributed by atoms with E-state index in [1.807, 2.05) is 14.1 Å². The molecule has 1 atom stereocenters. The lowest BCUT2D eigenvalue weighted by atomic mass is 10.0. The number of non-ortho nitro benzene ring substituents is 1. The van der Waals surface area contributed by atoms with Crippen molar-refractivity contribution in [3.05, 3.63) is 69.8 Å². The van der Waals surface area contributed by atoms with Crippen LogP contribution < -0.4 is 10.2 Å². The second-order valence-electron chi connectivity index (χ2n) is 7.86. The molecule has 0 aliphatic carbocycles. The number of nitrogens with one attached hydrogen (secondary N) is 1. The van der Waals surface area contributed by atoms with Gasteiger partial charge in [-0.25, -0.2) is 0 Å². The summed E-state index contributed by atoms with van der Waals surface area (Å²) in [5.74, 6) is -0.228. The third-order valence-electron chi connectivity index (χ3n) is 5.57. The van der Waals surface area contributed by atoms with E-state index in [-0.39, 0.29) is 17.6 Å². The number of nitro groups is 1. The van der Waals surface area contributed by atoms with E-state index >= 15 is 0 Å². The Bertz CT molecular complexity index is 859. The third-order valence-corrected chi connectivity index (χ3v) is 5.57. The Labute approximate surface area is 177 Å². The zero-order valence-electron chi connectivity index (χ0n) is 17.7. The molecule has 1 aliphatic heterocycles. The van der Waals surface area contributed by atoms with E-state index in [0.717, 1.165) is 37.4 Å². The van der Waals surface area contributed by atoms with Crippen molar-refractivity contribution in [3.63, 3.8) is 0 Å². The lowest BCUT2D eigenvalue weighted by molar-refractivity contribution is -0.384. The number of nitro benzene ring substituents is 1. The van der Waals surface area contributed by atoms with Crippen molar-refractivity contribution in [1.82, 2.24) is 15.1 Å². The summed E-state index contributed by atoms with van der Waals surface area (Å²) in [6, 6.07) is 14.2. The number of hydrogen-bond acceptors (Lipinski definition) is 6. The van der Waals surface area contributed by atoms with Crippen molar-refractivity contribution in [1.29, 1.82) is 0 Å². The van der Waals surface area contributed by atoms with Crippen LogP contribution in [0.3, 0.4) is 0 Å². The van der Waals surface area contributed by atoms with Crippen LogP contribution in [0.4, 0.5) is 11.4 Å². The van der Waals surface area contributed by atoms with Gasteiger partial charge in [0.25, 0.3) is 11.6 Å². The van der Waals surface area contributed by atoms with E-state index in [0.29, 0.717) is 12.1 Å². The number of carbonyl (C=O) groups excluding carboxylic acids is 1. The summed E-state index contributed by atoms with van der Waals surface area (Å²) in [6.07, 6.45) is 0.